The van der Waals surface area contributed by atoms with Gasteiger partial charge in [0.1, 0.15) is 17.1 Å². The van der Waals surface area contributed by atoms with Gasteiger partial charge in [-0.25, -0.2) is 4.79 Å². The molecule has 0 saturated heterocycles. The van der Waals surface area contributed by atoms with E-state index >= 15 is 0 Å². The maximum absolute atomic E-state index is 12.9. The van der Waals surface area contributed by atoms with E-state index in [9.17, 15) is 4.79 Å². The smallest absolute Gasteiger partial charge is 0.340 e. The Morgan fingerprint density at radius 1 is 1.07 bits per heavy atom. The van der Waals surface area contributed by atoms with Crippen molar-refractivity contribution in [2.45, 2.75) is 12.8 Å². The van der Waals surface area contributed by atoms with Crippen LogP contribution in [0.4, 0.5) is 0 Å². The fourth-order valence-corrected chi connectivity index (χ4v) is 3.77. The number of methoxy groups -OCH3 is 1. The van der Waals surface area contributed by atoms with Crippen LogP contribution in [0.15, 0.2) is 72.1 Å². The number of para-hydroxylation sites is 1. The van der Waals surface area contributed by atoms with Crippen molar-refractivity contribution in [1.29, 1.82) is 0 Å². The van der Waals surface area contributed by atoms with E-state index in [1.807, 2.05) is 60.7 Å². The third-order valence-corrected chi connectivity index (χ3v) is 4.94. The second kappa shape index (κ2) is 7.27. The Morgan fingerprint density at radius 2 is 1.82 bits per heavy atom. The lowest BCUT2D eigenvalue weighted by molar-refractivity contribution is -0.139. The minimum absolute atomic E-state index is 0.0529. The SMILES string of the molecule is CCOC(=O)C1=C(N)Oc2ccc3ccccc3c2[C@H]1c1ccccc1OC. The molecule has 0 radical (unpaired) electrons. The molecule has 0 spiro atoms. The lowest BCUT2D eigenvalue weighted by Crippen LogP contribution is -2.27. The number of hydrogen-bond donors (Lipinski definition) is 1. The van der Waals surface area contributed by atoms with Crippen LogP contribution in [0, 0.1) is 0 Å². The Morgan fingerprint density at radius 3 is 2.61 bits per heavy atom. The quantitative estimate of drug-likeness (QED) is 0.695. The van der Waals surface area contributed by atoms with E-state index in [2.05, 4.69) is 0 Å². The van der Waals surface area contributed by atoms with Crippen molar-refractivity contribution in [1.82, 2.24) is 0 Å². The lowest BCUT2D eigenvalue weighted by atomic mass is 9.80. The van der Waals surface area contributed by atoms with Gasteiger partial charge in [-0.05, 0) is 29.8 Å². The summed E-state index contributed by atoms with van der Waals surface area (Å²) in [5.41, 5.74) is 8.20. The summed E-state index contributed by atoms with van der Waals surface area (Å²) in [6, 6.07) is 19.5. The molecule has 1 aliphatic heterocycles. The summed E-state index contributed by atoms with van der Waals surface area (Å²) in [6.45, 7) is 2.01. The molecule has 4 rings (SSSR count). The molecule has 2 N–H and O–H groups in total. The fourth-order valence-electron chi connectivity index (χ4n) is 3.77. The van der Waals surface area contributed by atoms with Crippen LogP contribution < -0.4 is 15.2 Å². The van der Waals surface area contributed by atoms with Gasteiger partial charge in [-0.2, -0.15) is 0 Å². The van der Waals surface area contributed by atoms with Crippen LogP contribution in [0.25, 0.3) is 10.8 Å². The number of carbonyl (C=O) groups is 1. The highest BCUT2D eigenvalue weighted by molar-refractivity contribution is 5.97. The van der Waals surface area contributed by atoms with Gasteiger partial charge in [-0.3, -0.25) is 0 Å². The third kappa shape index (κ3) is 2.85. The highest BCUT2D eigenvalue weighted by Crippen LogP contribution is 2.48. The Balaban J connectivity index is 2.05. The monoisotopic (exact) mass is 375 g/mol. The first-order valence-electron chi connectivity index (χ1n) is 9.14. The van der Waals surface area contributed by atoms with Crippen LogP contribution in [0.2, 0.25) is 0 Å². The summed E-state index contributed by atoms with van der Waals surface area (Å²) in [7, 11) is 1.61. The Hall–Kier alpha value is -3.47. The molecule has 0 aliphatic carbocycles. The maximum atomic E-state index is 12.9. The van der Waals surface area contributed by atoms with Crippen molar-refractivity contribution in [2.24, 2.45) is 5.73 Å². The van der Waals surface area contributed by atoms with E-state index in [1.54, 1.807) is 14.0 Å². The lowest BCUT2D eigenvalue weighted by Gasteiger charge is -2.30. The molecule has 0 aromatic heterocycles. The zero-order chi connectivity index (χ0) is 19.7. The summed E-state index contributed by atoms with van der Waals surface area (Å²) in [6.07, 6.45) is 0. The van der Waals surface area contributed by atoms with Crippen molar-refractivity contribution >= 4 is 16.7 Å². The highest BCUT2D eigenvalue weighted by Gasteiger charge is 2.38. The first-order valence-corrected chi connectivity index (χ1v) is 9.14. The highest BCUT2D eigenvalue weighted by atomic mass is 16.5. The number of nitrogens with two attached hydrogens (primary N) is 1. The average Bonchev–Trinajstić information content (AvgIpc) is 2.72. The molecule has 5 heteroatoms. The molecule has 1 heterocycles. The summed E-state index contributed by atoms with van der Waals surface area (Å²) in [4.78, 5) is 12.9. The minimum Gasteiger partial charge on any atom is -0.496 e. The predicted octanol–water partition coefficient (Wildman–Crippen LogP) is 4.11. The molecule has 1 aliphatic rings. The summed E-state index contributed by atoms with van der Waals surface area (Å²) in [5, 5.41) is 2.04. The molecule has 3 aromatic rings. The van der Waals surface area contributed by atoms with Crippen LogP contribution in [-0.4, -0.2) is 19.7 Å². The predicted molar refractivity (Wildman–Crippen MR) is 107 cm³/mol. The Bertz CT molecular complexity index is 1090. The molecule has 28 heavy (non-hydrogen) atoms. The van der Waals surface area contributed by atoms with Gasteiger partial charge in [0.15, 0.2) is 0 Å². The molecule has 1 atom stereocenters. The van der Waals surface area contributed by atoms with Crippen molar-refractivity contribution in [2.75, 3.05) is 13.7 Å². The van der Waals surface area contributed by atoms with E-state index in [0.717, 1.165) is 21.9 Å². The van der Waals surface area contributed by atoms with Gasteiger partial charge in [0.25, 0.3) is 0 Å². The molecule has 0 saturated carbocycles. The normalized spacial score (nSPS) is 15.7. The van der Waals surface area contributed by atoms with Crippen LogP contribution in [-0.2, 0) is 9.53 Å². The number of hydrogen-bond acceptors (Lipinski definition) is 5. The number of rotatable bonds is 4. The number of esters is 1. The topological polar surface area (TPSA) is 70.8 Å². The first-order chi connectivity index (χ1) is 13.7. The second-order valence-electron chi connectivity index (χ2n) is 6.47. The largest absolute Gasteiger partial charge is 0.496 e. The first kappa shape index (κ1) is 17.9. The van der Waals surface area contributed by atoms with Gasteiger partial charge in [0.2, 0.25) is 5.88 Å². The Labute approximate surface area is 163 Å². The van der Waals surface area contributed by atoms with Crippen LogP contribution >= 0.6 is 0 Å². The van der Waals surface area contributed by atoms with Gasteiger partial charge in [0.05, 0.1) is 19.6 Å². The van der Waals surface area contributed by atoms with Crippen LogP contribution in [0.1, 0.15) is 24.0 Å². The number of benzene rings is 3. The summed E-state index contributed by atoms with van der Waals surface area (Å²) in [5.74, 6) is 0.389. The molecule has 142 valence electrons. The van der Waals surface area contributed by atoms with Gasteiger partial charge >= 0.3 is 5.97 Å². The molecular weight excluding hydrogens is 354 g/mol. The van der Waals surface area contributed by atoms with Gasteiger partial charge < -0.3 is 19.9 Å². The Kier molecular flexibility index (Phi) is 4.65. The average molecular weight is 375 g/mol. The molecule has 0 fully saturated rings. The molecule has 5 nitrogen and oxygen atoms in total. The van der Waals surface area contributed by atoms with Crippen LogP contribution in [0.5, 0.6) is 11.5 Å². The second-order valence-corrected chi connectivity index (χ2v) is 6.47. The molecule has 0 amide bonds. The van der Waals surface area contributed by atoms with Gasteiger partial charge in [-0.15, -0.1) is 0 Å². The molecule has 0 bridgehead atoms. The van der Waals surface area contributed by atoms with Crippen molar-refractivity contribution in [3.05, 3.63) is 83.2 Å². The third-order valence-electron chi connectivity index (χ3n) is 4.94. The summed E-state index contributed by atoms with van der Waals surface area (Å²) >= 11 is 0. The zero-order valence-electron chi connectivity index (χ0n) is 15.8. The fraction of sp³-hybridized carbons (Fsp3) is 0.174. The number of fused-ring (bicyclic) bond motifs is 3. The van der Waals surface area contributed by atoms with Gasteiger partial charge in [0, 0.05) is 11.1 Å². The zero-order valence-corrected chi connectivity index (χ0v) is 15.8. The van der Waals surface area contributed by atoms with Crippen LogP contribution in [0.3, 0.4) is 0 Å². The van der Waals surface area contributed by atoms with Gasteiger partial charge in [-0.1, -0.05) is 48.5 Å². The molecule has 3 aromatic carbocycles. The summed E-state index contributed by atoms with van der Waals surface area (Å²) < 4.78 is 16.8. The number of ether oxygens (including phenoxy) is 3. The maximum Gasteiger partial charge on any atom is 0.340 e. The van der Waals surface area contributed by atoms with Crippen molar-refractivity contribution < 1.29 is 19.0 Å². The van der Waals surface area contributed by atoms with Crippen molar-refractivity contribution in [3.63, 3.8) is 0 Å². The molecular formula is C23H21NO4. The van der Waals surface area contributed by atoms with E-state index in [4.69, 9.17) is 19.9 Å². The molecule has 0 unspecified atom stereocenters. The van der Waals surface area contributed by atoms with E-state index in [-0.39, 0.29) is 18.1 Å². The number of carbonyl (C=O) groups excluding carboxylic acids is 1. The van der Waals surface area contributed by atoms with E-state index < -0.39 is 11.9 Å². The van der Waals surface area contributed by atoms with E-state index in [1.165, 1.54) is 0 Å². The van der Waals surface area contributed by atoms with E-state index in [0.29, 0.717) is 11.5 Å². The van der Waals surface area contributed by atoms with Crippen molar-refractivity contribution in [3.8, 4) is 11.5 Å². The minimum atomic E-state index is -0.491. The standard InChI is InChI=1S/C23H21NO4/c1-3-27-23(25)21-20(16-10-6-7-11-17(16)26-2)19-15-9-5-4-8-14(15)12-13-18(19)28-22(21)24/h4-13,20H,3,24H2,1-2H3/t20-/m1/s1.